The zero-order chi connectivity index (χ0) is 11.7. The molecule has 90 valence electrons. The summed E-state index contributed by atoms with van der Waals surface area (Å²) in [4.78, 5) is 4.60. The van der Waals surface area contributed by atoms with Crippen LogP contribution in [0.3, 0.4) is 0 Å². The lowest BCUT2D eigenvalue weighted by Gasteiger charge is -2.10. The summed E-state index contributed by atoms with van der Waals surface area (Å²) in [6.45, 7) is 1.88. The molecule has 0 spiro atoms. The topological polar surface area (TPSA) is 24.9 Å². The first-order chi connectivity index (χ1) is 8.31. The first kappa shape index (κ1) is 11.5. The summed E-state index contributed by atoms with van der Waals surface area (Å²) in [7, 11) is 0. The van der Waals surface area contributed by atoms with Gasteiger partial charge in [-0.05, 0) is 30.4 Å². The van der Waals surface area contributed by atoms with Crippen molar-refractivity contribution in [3.63, 3.8) is 0 Å². The molecule has 0 aliphatic heterocycles. The van der Waals surface area contributed by atoms with Gasteiger partial charge in [-0.2, -0.15) is 0 Å². The van der Waals surface area contributed by atoms with Crippen LogP contribution in [-0.2, 0) is 6.54 Å². The fourth-order valence-corrected chi connectivity index (χ4v) is 3.26. The van der Waals surface area contributed by atoms with Crippen molar-refractivity contribution in [2.24, 2.45) is 5.41 Å². The monoisotopic (exact) mass is 266 g/mol. The smallest absolute Gasteiger partial charge is 0.108 e. The molecule has 0 amide bonds. The average molecular weight is 267 g/mol. The molecular formula is C13H15ClN2S. The zero-order valence-corrected chi connectivity index (χ0v) is 11.2. The lowest BCUT2D eigenvalue weighted by Crippen LogP contribution is -2.24. The molecule has 1 heterocycles. The highest BCUT2D eigenvalue weighted by molar-refractivity contribution is 7.18. The normalized spacial score (nSPS) is 17.5. The summed E-state index contributed by atoms with van der Waals surface area (Å²) in [5.41, 5.74) is 1.49. The number of nitrogens with one attached hydrogen (secondary N) is 1. The highest BCUT2D eigenvalue weighted by atomic mass is 35.5. The number of para-hydroxylation sites is 1. The van der Waals surface area contributed by atoms with Crippen molar-refractivity contribution in [3.05, 3.63) is 29.3 Å². The van der Waals surface area contributed by atoms with Crippen molar-refractivity contribution in [1.29, 1.82) is 0 Å². The third kappa shape index (κ3) is 2.46. The molecule has 3 rings (SSSR count). The lowest BCUT2D eigenvalue weighted by atomic mass is 10.1. The molecule has 1 aliphatic rings. The Bertz CT molecular complexity index is 486. The van der Waals surface area contributed by atoms with Gasteiger partial charge in [0.25, 0.3) is 0 Å². The minimum atomic E-state index is 0.387. The summed E-state index contributed by atoms with van der Waals surface area (Å²) in [6.07, 6.45) is 2.53. The molecule has 2 aromatic rings. The molecule has 1 aliphatic carbocycles. The van der Waals surface area contributed by atoms with Crippen LogP contribution < -0.4 is 5.32 Å². The number of alkyl halides is 1. The number of rotatable bonds is 5. The first-order valence-electron chi connectivity index (χ1n) is 5.92. The Labute approximate surface area is 110 Å². The van der Waals surface area contributed by atoms with E-state index in [0.717, 1.165) is 29.5 Å². The Kier molecular flexibility index (Phi) is 3.07. The maximum Gasteiger partial charge on any atom is 0.108 e. The first-order valence-corrected chi connectivity index (χ1v) is 7.28. The molecule has 1 aromatic heterocycles. The number of aromatic nitrogens is 1. The van der Waals surface area contributed by atoms with Crippen LogP contribution in [0.15, 0.2) is 24.3 Å². The standard InChI is InChI=1S/C13H15ClN2S/c14-8-13(5-6-13)9-15-7-12-16-10-3-1-2-4-11(10)17-12/h1-4,15H,5-9H2. The summed E-state index contributed by atoms with van der Waals surface area (Å²) in [5.74, 6) is 0.778. The van der Waals surface area contributed by atoms with Crippen molar-refractivity contribution < 1.29 is 0 Å². The van der Waals surface area contributed by atoms with Crippen LogP contribution in [-0.4, -0.2) is 17.4 Å². The number of hydrogen-bond donors (Lipinski definition) is 1. The fraction of sp³-hybridized carbons (Fsp3) is 0.462. The maximum absolute atomic E-state index is 5.95. The summed E-state index contributed by atoms with van der Waals surface area (Å²) >= 11 is 7.72. The molecule has 4 heteroatoms. The fourth-order valence-electron chi connectivity index (χ4n) is 1.96. The van der Waals surface area contributed by atoms with Crippen LogP contribution in [0.2, 0.25) is 0 Å². The molecule has 17 heavy (non-hydrogen) atoms. The van der Waals surface area contributed by atoms with E-state index < -0.39 is 0 Å². The van der Waals surface area contributed by atoms with Gasteiger partial charge in [0.1, 0.15) is 5.01 Å². The molecular weight excluding hydrogens is 252 g/mol. The van der Waals surface area contributed by atoms with E-state index in [4.69, 9.17) is 11.6 Å². The number of nitrogens with zero attached hydrogens (tertiary/aromatic N) is 1. The Hall–Kier alpha value is -0.640. The van der Waals surface area contributed by atoms with E-state index in [0.29, 0.717) is 5.41 Å². The van der Waals surface area contributed by atoms with Gasteiger partial charge in [0.2, 0.25) is 0 Å². The van der Waals surface area contributed by atoms with Gasteiger partial charge in [-0.1, -0.05) is 12.1 Å². The van der Waals surface area contributed by atoms with Gasteiger partial charge < -0.3 is 5.32 Å². The quantitative estimate of drug-likeness (QED) is 0.839. The van der Waals surface area contributed by atoms with Crippen LogP contribution in [0.1, 0.15) is 17.8 Å². The van der Waals surface area contributed by atoms with E-state index in [1.807, 2.05) is 6.07 Å². The molecule has 2 nitrogen and oxygen atoms in total. The minimum absolute atomic E-state index is 0.387. The number of halogens is 1. The number of thiazole rings is 1. The summed E-state index contributed by atoms with van der Waals surface area (Å²) < 4.78 is 1.27. The highest BCUT2D eigenvalue weighted by Gasteiger charge is 2.41. The van der Waals surface area contributed by atoms with Gasteiger partial charge in [-0.15, -0.1) is 22.9 Å². The van der Waals surface area contributed by atoms with E-state index in [9.17, 15) is 0 Å². The van der Waals surface area contributed by atoms with E-state index >= 15 is 0 Å². The van der Waals surface area contributed by atoms with E-state index in [-0.39, 0.29) is 0 Å². The molecule has 1 N–H and O–H groups in total. The van der Waals surface area contributed by atoms with Gasteiger partial charge in [-0.25, -0.2) is 4.98 Å². The van der Waals surface area contributed by atoms with Crippen molar-refractivity contribution in [3.8, 4) is 0 Å². The van der Waals surface area contributed by atoms with Gasteiger partial charge >= 0.3 is 0 Å². The van der Waals surface area contributed by atoms with Gasteiger partial charge in [0.15, 0.2) is 0 Å². The van der Waals surface area contributed by atoms with Crippen LogP contribution in [0, 0.1) is 5.41 Å². The van der Waals surface area contributed by atoms with Crippen LogP contribution in [0.5, 0.6) is 0 Å². The van der Waals surface area contributed by atoms with Gasteiger partial charge in [-0.3, -0.25) is 0 Å². The van der Waals surface area contributed by atoms with Crippen molar-refractivity contribution in [2.45, 2.75) is 19.4 Å². The number of fused-ring (bicyclic) bond motifs is 1. The molecule has 1 aromatic carbocycles. The van der Waals surface area contributed by atoms with Crippen LogP contribution in [0.25, 0.3) is 10.2 Å². The van der Waals surface area contributed by atoms with Gasteiger partial charge in [0.05, 0.1) is 10.2 Å². The van der Waals surface area contributed by atoms with Crippen LogP contribution >= 0.6 is 22.9 Å². The third-order valence-corrected chi connectivity index (χ3v) is 4.96. The highest BCUT2D eigenvalue weighted by Crippen LogP contribution is 2.45. The van der Waals surface area contributed by atoms with Crippen molar-refractivity contribution in [2.75, 3.05) is 12.4 Å². The Morgan fingerprint density at radius 1 is 1.35 bits per heavy atom. The van der Waals surface area contributed by atoms with E-state index in [1.54, 1.807) is 11.3 Å². The predicted octanol–water partition coefficient (Wildman–Crippen LogP) is 3.40. The molecule has 0 atom stereocenters. The third-order valence-electron chi connectivity index (χ3n) is 3.35. The molecule has 0 saturated heterocycles. The van der Waals surface area contributed by atoms with E-state index in [1.165, 1.54) is 17.5 Å². The van der Waals surface area contributed by atoms with E-state index in [2.05, 4.69) is 28.5 Å². The Morgan fingerprint density at radius 2 is 2.18 bits per heavy atom. The largest absolute Gasteiger partial charge is 0.310 e. The summed E-state index contributed by atoms with van der Waals surface area (Å²) in [5, 5.41) is 4.64. The second-order valence-electron chi connectivity index (χ2n) is 4.81. The summed E-state index contributed by atoms with van der Waals surface area (Å²) in [6, 6.07) is 8.28. The van der Waals surface area contributed by atoms with Crippen molar-refractivity contribution >= 4 is 33.2 Å². The molecule has 0 bridgehead atoms. The molecule has 0 unspecified atom stereocenters. The Morgan fingerprint density at radius 3 is 2.88 bits per heavy atom. The molecule has 1 fully saturated rings. The molecule has 0 radical (unpaired) electrons. The van der Waals surface area contributed by atoms with Gasteiger partial charge in [0, 0.05) is 19.0 Å². The number of hydrogen-bond acceptors (Lipinski definition) is 3. The average Bonchev–Trinajstić information content (AvgIpc) is 3.01. The zero-order valence-electron chi connectivity index (χ0n) is 9.58. The Balaban J connectivity index is 1.61. The second-order valence-corrected chi connectivity index (χ2v) is 6.19. The van der Waals surface area contributed by atoms with Crippen molar-refractivity contribution in [1.82, 2.24) is 10.3 Å². The lowest BCUT2D eigenvalue weighted by molar-refractivity contribution is 0.504. The van der Waals surface area contributed by atoms with Crippen LogP contribution in [0.4, 0.5) is 0 Å². The number of benzene rings is 1. The molecule has 1 saturated carbocycles. The maximum atomic E-state index is 5.95. The second kappa shape index (κ2) is 4.56. The minimum Gasteiger partial charge on any atom is -0.310 e. The SMILES string of the molecule is ClCC1(CNCc2nc3ccccc3s2)CC1. The predicted molar refractivity (Wildman–Crippen MR) is 73.7 cm³/mol.